The molecule has 1 aliphatic heterocycles. The summed E-state index contributed by atoms with van der Waals surface area (Å²) in [7, 11) is 0. The van der Waals surface area contributed by atoms with Crippen molar-refractivity contribution in [2.75, 3.05) is 26.3 Å². The Kier molecular flexibility index (Phi) is 5.62. The first kappa shape index (κ1) is 16.2. The molecule has 0 bridgehead atoms. The summed E-state index contributed by atoms with van der Waals surface area (Å²) in [5.74, 6) is 0.487. The Hall–Kier alpha value is -0.810. The van der Waals surface area contributed by atoms with Crippen LogP contribution in [0.4, 0.5) is 4.79 Å². The van der Waals surface area contributed by atoms with Crippen LogP contribution in [0, 0.1) is 11.3 Å². The number of amides is 1. The number of carbonyl (C=O) groups excluding carboxylic acids is 1. The van der Waals surface area contributed by atoms with Crippen LogP contribution in [-0.4, -0.2) is 38.0 Å². The summed E-state index contributed by atoms with van der Waals surface area (Å²) < 4.78 is 10.6. The highest BCUT2D eigenvalue weighted by molar-refractivity contribution is 5.67. The van der Waals surface area contributed by atoms with Crippen molar-refractivity contribution in [1.29, 1.82) is 0 Å². The molecule has 5 heteroatoms. The van der Waals surface area contributed by atoms with E-state index in [1.54, 1.807) is 0 Å². The summed E-state index contributed by atoms with van der Waals surface area (Å²) in [5.41, 5.74) is 5.35. The highest BCUT2D eigenvalue weighted by Gasteiger charge is 2.34. The van der Waals surface area contributed by atoms with Gasteiger partial charge in [-0.25, -0.2) is 4.79 Å². The number of nitrogens with two attached hydrogens (primary N) is 1. The van der Waals surface area contributed by atoms with E-state index in [2.05, 4.69) is 12.2 Å². The van der Waals surface area contributed by atoms with Crippen LogP contribution in [0.3, 0.4) is 0 Å². The number of rotatable bonds is 4. The molecule has 0 aliphatic carbocycles. The molecule has 1 rings (SSSR count). The zero-order chi connectivity index (χ0) is 14.5. The van der Waals surface area contributed by atoms with Crippen LogP contribution in [0.2, 0.25) is 0 Å². The van der Waals surface area contributed by atoms with Crippen LogP contribution in [0.1, 0.15) is 40.5 Å². The molecule has 0 aromatic rings. The highest BCUT2D eigenvalue weighted by atomic mass is 16.6. The smallest absolute Gasteiger partial charge is 0.407 e. The zero-order valence-corrected chi connectivity index (χ0v) is 12.6. The average Bonchev–Trinajstić information content (AvgIpc) is 2.35. The van der Waals surface area contributed by atoms with Gasteiger partial charge in [-0.2, -0.15) is 0 Å². The third-order valence-electron chi connectivity index (χ3n) is 3.71. The largest absolute Gasteiger partial charge is 0.444 e. The van der Waals surface area contributed by atoms with Crippen LogP contribution in [-0.2, 0) is 9.47 Å². The minimum atomic E-state index is -0.470. The second-order valence-electron chi connectivity index (χ2n) is 6.60. The Balaban J connectivity index is 2.48. The number of ether oxygens (including phenoxy) is 2. The molecule has 1 aliphatic rings. The lowest BCUT2D eigenvalue weighted by molar-refractivity contribution is 0.0155. The standard InChI is InChI=1S/C14H28N2O3/c1-13(2,3)19-12(17)16-10-14(4,9-15)11-5-7-18-8-6-11/h11H,5-10,15H2,1-4H3,(H,16,17). The third-order valence-corrected chi connectivity index (χ3v) is 3.71. The van der Waals surface area contributed by atoms with Crippen molar-refractivity contribution in [2.45, 2.75) is 46.1 Å². The average molecular weight is 272 g/mol. The van der Waals surface area contributed by atoms with Crippen molar-refractivity contribution < 1.29 is 14.3 Å². The number of carbonyl (C=O) groups is 1. The molecule has 1 heterocycles. The van der Waals surface area contributed by atoms with Gasteiger partial charge >= 0.3 is 6.09 Å². The molecule has 0 spiro atoms. The summed E-state index contributed by atoms with van der Waals surface area (Å²) in [6, 6.07) is 0. The van der Waals surface area contributed by atoms with Gasteiger partial charge in [-0.05, 0) is 46.1 Å². The van der Waals surface area contributed by atoms with Gasteiger partial charge in [0.25, 0.3) is 0 Å². The quantitative estimate of drug-likeness (QED) is 0.820. The van der Waals surface area contributed by atoms with Gasteiger partial charge in [-0.3, -0.25) is 0 Å². The van der Waals surface area contributed by atoms with E-state index in [9.17, 15) is 4.79 Å². The monoisotopic (exact) mass is 272 g/mol. The topological polar surface area (TPSA) is 73.6 Å². The first-order valence-corrected chi connectivity index (χ1v) is 7.01. The molecular weight excluding hydrogens is 244 g/mol. The fraction of sp³-hybridized carbons (Fsp3) is 0.929. The maximum absolute atomic E-state index is 11.7. The summed E-state index contributed by atoms with van der Waals surface area (Å²) in [4.78, 5) is 11.7. The number of hydrogen-bond acceptors (Lipinski definition) is 4. The molecule has 1 unspecified atom stereocenters. The molecule has 0 radical (unpaired) electrons. The molecule has 1 fully saturated rings. The van der Waals surface area contributed by atoms with Crippen molar-refractivity contribution in [3.05, 3.63) is 0 Å². The minimum absolute atomic E-state index is 0.0965. The molecule has 19 heavy (non-hydrogen) atoms. The number of alkyl carbamates (subject to hydrolysis) is 1. The van der Waals surface area contributed by atoms with Gasteiger partial charge in [0.2, 0.25) is 0 Å². The van der Waals surface area contributed by atoms with Gasteiger partial charge < -0.3 is 20.5 Å². The van der Waals surface area contributed by atoms with Crippen molar-refractivity contribution in [1.82, 2.24) is 5.32 Å². The highest BCUT2D eigenvalue weighted by Crippen LogP contribution is 2.33. The lowest BCUT2D eigenvalue weighted by Gasteiger charge is -2.39. The molecule has 1 amide bonds. The second-order valence-corrected chi connectivity index (χ2v) is 6.60. The fourth-order valence-corrected chi connectivity index (χ4v) is 2.37. The Bertz CT molecular complexity index is 296. The van der Waals surface area contributed by atoms with Crippen LogP contribution >= 0.6 is 0 Å². The molecule has 1 atom stereocenters. The Labute approximate surface area is 116 Å². The second kappa shape index (κ2) is 6.57. The molecule has 1 saturated heterocycles. The maximum Gasteiger partial charge on any atom is 0.407 e. The van der Waals surface area contributed by atoms with E-state index in [1.165, 1.54) is 0 Å². The van der Waals surface area contributed by atoms with Gasteiger partial charge in [0.05, 0.1) is 0 Å². The summed E-state index contributed by atoms with van der Waals surface area (Å²) >= 11 is 0. The van der Waals surface area contributed by atoms with Crippen molar-refractivity contribution in [2.24, 2.45) is 17.1 Å². The number of nitrogens with one attached hydrogen (secondary N) is 1. The fourth-order valence-electron chi connectivity index (χ4n) is 2.37. The van der Waals surface area contributed by atoms with Crippen molar-refractivity contribution >= 4 is 6.09 Å². The van der Waals surface area contributed by atoms with E-state index >= 15 is 0 Å². The van der Waals surface area contributed by atoms with Crippen LogP contribution < -0.4 is 11.1 Å². The first-order valence-electron chi connectivity index (χ1n) is 7.01. The SMILES string of the molecule is CC(C)(C)OC(=O)NCC(C)(CN)C1CCOCC1. The predicted molar refractivity (Wildman–Crippen MR) is 74.9 cm³/mol. The molecule has 3 N–H and O–H groups in total. The van der Waals surface area contributed by atoms with Gasteiger partial charge in [0.15, 0.2) is 0 Å². The van der Waals surface area contributed by atoms with Gasteiger partial charge in [0.1, 0.15) is 5.60 Å². The van der Waals surface area contributed by atoms with Crippen LogP contribution in [0.25, 0.3) is 0 Å². The molecule has 0 aromatic carbocycles. The van der Waals surface area contributed by atoms with Crippen LogP contribution in [0.5, 0.6) is 0 Å². The van der Waals surface area contributed by atoms with E-state index in [-0.39, 0.29) is 11.5 Å². The van der Waals surface area contributed by atoms with E-state index in [4.69, 9.17) is 15.2 Å². The molecule has 0 saturated carbocycles. The minimum Gasteiger partial charge on any atom is -0.444 e. The van der Waals surface area contributed by atoms with Crippen molar-refractivity contribution in [3.63, 3.8) is 0 Å². The first-order chi connectivity index (χ1) is 8.77. The van der Waals surface area contributed by atoms with Crippen LogP contribution in [0.15, 0.2) is 0 Å². The lowest BCUT2D eigenvalue weighted by atomic mass is 9.73. The molecular formula is C14H28N2O3. The summed E-state index contributed by atoms with van der Waals surface area (Å²) in [5, 5.41) is 2.85. The molecule has 0 aromatic heterocycles. The summed E-state index contributed by atoms with van der Waals surface area (Å²) in [6.07, 6.45) is 1.63. The van der Waals surface area contributed by atoms with Gasteiger partial charge in [0, 0.05) is 25.2 Å². The van der Waals surface area contributed by atoms with Gasteiger partial charge in [-0.15, -0.1) is 0 Å². The number of hydrogen-bond donors (Lipinski definition) is 2. The maximum atomic E-state index is 11.7. The van der Waals surface area contributed by atoms with Gasteiger partial charge in [-0.1, -0.05) is 6.92 Å². The zero-order valence-electron chi connectivity index (χ0n) is 12.6. The van der Waals surface area contributed by atoms with E-state index in [0.717, 1.165) is 26.1 Å². The van der Waals surface area contributed by atoms with E-state index in [1.807, 2.05) is 20.8 Å². The van der Waals surface area contributed by atoms with Crippen molar-refractivity contribution in [3.8, 4) is 0 Å². The molecule has 5 nitrogen and oxygen atoms in total. The predicted octanol–water partition coefficient (Wildman–Crippen LogP) is 1.90. The molecule has 112 valence electrons. The summed E-state index contributed by atoms with van der Waals surface area (Å²) in [6.45, 7) is 10.4. The van der Waals surface area contributed by atoms with E-state index < -0.39 is 5.60 Å². The lowest BCUT2D eigenvalue weighted by Crippen LogP contribution is -2.47. The Morgan fingerprint density at radius 2 is 1.89 bits per heavy atom. The third kappa shape index (κ3) is 5.37. The normalized spacial score (nSPS) is 20.7. The van der Waals surface area contributed by atoms with E-state index in [0.29, 0.717) is 19.0 Å². The Morgan fingerprint density at radius 1 is 1.32 bits per heavy atom. The Morgan fingerprint density at radius 3 is 2.37 bits per heavy atom.